The van der Waals surface area contributed by atoms with Crippen LogP contribution in [0.3, 0.4) is 0 Å². The molecule has 1 unspecified atom stereocenters. The number of nitrogens with two attached hydrogens (primary N) is 1. The second-order valence-corrected chi connectivity index (χ2v) is 9.73. The second kappa shape index (κ2) is 9.77. The summed E-state index contributed by atoms with van der Waals surface area (Å²) < 4.78 is 11.5. The van der Waals surface area contributed by atoms with E-state index in [1.54, 1.807) is 23.1 Å². The van der Waals surface area contributed by atoms with E-state index in [-0.39, 0.29) is 35.5 Å². The summed E-state index contributed by atoms with van der Waals surface area (Å²) in [5.41, 5.74) is 5.79. The van der Waals surface area contributed by atoms with Crippen LogP contribution < -0.4 is 21.1 Å². The fraction of sp³-hybridized carbons (Fsp3) is 0.458. The van der Waals surface area contributed by atoms with Gasteiger partial charge >= 0.3 is 6.09 Å². The van der Waals surface area contributed by atoms with Crippen LogP contribution in [0.5, 0.6) is 5.75 Å². The Kier molecular flexibility index (Phi) is 6.77. The monoisotopic (exact) mass is 482 g/mol. The van der Waals surface area contributed by atoms with Crippen LogP contribution in [0.1, 0.15) is 50.5 Å². The summed E-state index contributed by atoms with van der Waals surface area (Å²) in [5.74, 6) is -0.0456. The number of amides is 3. The molecule has 2 fully saturated rings. The lowest BCUT2D eigenvalue weighted by atomic mass is 10.2. The number of anilines is 3. The molecule has 4 N–H and O–H groups in total. The Morgan fingerprint density at radius 1 is 1.11 bits per heavy atom. The van der Waals surface area contributed by atoms with Gasteiger partial charge < -0.3 is 30.7 Å². The lowest BCUT2D eigenvalue weighted by molar-refractivity contribution is -0.117. The number of carbonyl (C=O) groups excluding carboxylic acids is 3. The summed E-state index contributed by atoms with van der Waals surface area (Å²) in [5, 5.41) is 13.6. The minimum atomic E-state index is -0.749. The van der Waals surface area contributed by atoms with Crippen molar-refractivity contribution in [1.29, 1.82) is 0 Å². The van der Waals surface area contributed by atoms with E-state index in [2.05, 4.69) is 20.8 Å². The first-order valence-corrected chi connectivity index (χ1v) is 11.6. The van der Waals surface area contributed by atoms with Crippen molar-refractivity contribution in [2.45, 2.75) is 51.7 Å². The minimum Gasteiger partial charge on any atom is -0.488 e. The molecule has 0 radical (unpaired) electrons. The Morgan fingerprint density at radius 2 is 1.89 bits per heavy atom. The maximum absolute atomic E-state index is 12.3. The van der Waals surface area contributed by atoms with E-state index in [1.165, 1.54) is 6.07 Å². The van der Waals surface area contributed by atoms with Gasteiger partial charge in [-0.05, 0) is 45.7 Å². The third-order valence-corrected chi connectivity index (χ3v) is 5.44. The van der Waals surface area contributed by atoms with Gasteiger partial charge in [0.2, 0.25) is 5.91 Å². The van der Waals surface area contributed by atoms with Crippen molar-refractivity contribution in [3.05, 3.63) is 36.0 Å². The van der Waals surface area contributed by atoms with Gasteiger partial charge in [0.15, 0.2) is 11.5 Å². The molecule has 186 valence electrons. The van der Waals surface area contributed by atoms with Gasteiger partial charge in [0, 0.05) is 36.7 Å². The second-order valence-electron chi connectivity index (χ2n) is 9.73. The maximum Gasteiger partial charge on any atom is 0.410 e. The first kappa shape index (κ1) is 24.2. The Labute approximate surface area is 203 Å². The maximum atomic E-state index is 12.3. The van der Waals surface area contributed by atoms with E-state index in [9.17, 15) is 14.4 Å². The first-order chi connectivity index (χ1) is 16.6. The summed E-state index contributed by atoms with van der Waals surface area (Å²) >= 11 is 0. The molecule has 1 saturated heterocycles. The van der Waals surface area contributed by atoms with Crippen LogP contribution in [0.4, 0.5) is 22.0 Å². The number of nitrogens with zero attached hydrogens (tertiary/aromatic N) is 3. The summed E-state index contributed by atoms with van der Waals surface area (Å²) in [6.07, 6.45) is 1.86. The molecule has 1 atom stereocenters. The van der Waals surface area contributed by atoms with Crippen molar-refractivity contribution >= 4 is 35.1 Å². The molecule has 1 aliphatic carbocycles. The molecule has 1 aliphatic heterocycles. The number of hydrogen-bond donors (Lipinski definition) is 3. The zero-order valence-electron chi connectivity index (χ0n) is 20.0. The Morgan fingerprint density at radius 3 is 2.57 bits per heavy atom. The minimum absolute atomic E-state index is 0.000290. The van der Waals surface area contributed by atoms with Crippen LogP contribution in [0.15, 0.2) is 30.3 Å². The number of hydrogen-bond acceptors (Lipinski definition) is 8. The number of carbonyl (C=O) groups is 3. The van der Waals surface area contributed by atoms with E-state index >= 15 is 0 Å². The number of aromatic nitrogens is 2. The average Bonchev–Trinajstić information content (AvgIpc) is 3.52. The molecule has 1 aromatic heterocycles. The number of primary amides is 1. The molecule has 4 rings (SSSR count). The molecule has 11 heteroatoms. The van der Waals surface area contributed by atoms with Crippen LogP contribution in [-0.2, 0) is 9.53 Å². The molecule has 1 saturated carbocycles. The van der Waals surface area contributed by atoms with E-state index in [0.29, 0.717) is 36.6 Å². The Hall–Kier alpha value is -3.89. The molecule has 0 spiro atoms. The van der Waals surface area contributed by atoms with Gasteiger partial charge in [-0.3, -0.25) is 9.59 Å². The predicted octanol–water partition coefficient (Wildman–Crippen LogP) is 3.06. The molecule has 0 bridgehead atoms. The van der Waals surface area contributed by atoms with Gasteiger partial charge in [-0.25, -0.2) is 4.79 Å². The largest absolute Gasteiger partial charge is 0.488 e. The molecular formula is C24H30N6O5. The molecule has 3 amide bonds. The highest BCUT2D eigenvalue weighted by atomic mass is 16.6. The standard InChI is InChI=1S/C24H30N6O5/c1-24(2,3)35-23(33)30-10-9-17(13-30)34-16-6-4-5-15(11-16)26-18-12-19(27-22(32)14-7-8-14)28-29-20(18)21(25)31/h4-6,11-12,14,17H,7-10,13H2,1-3H3,(H2,25,31)(H2,26,27,28,32). The first-order valence-electron chi connectivity index (χ1n) is 11.6. The van der Waals surface area contributed by atoms with Crippen molar-refractivity contribution in [2.75, 3.05) is 23.7 Å². The van der Waals surface area contributed by atoms with Crippen LogP contribution in [-0.4, -0.2) is 57.8 Å². The van der Waals surface area contributed by atoms with Crippen molar-refractivity contribution in [2.24, 2.45) is 11.7 Å². The summed E-state index contributed by atoms with van der Waals surface area (Å²) in [6.45, 7) is 6.48. The fourth-order valence-corrected chi connectivity index (χ4v) is 3.62. The molecule has 2 aromatic rings. The van der Waals surface area contributed by atoms with Gasteiger partial charge in [-0.2, -0.15) is 0 Å². The third kappa shape index (κ3) is 6.58. The fourth-order valence-electron chi connectivity index (χ4n) is 3.62. The topological polar surface area (TPSA) is 149 Å². The van der Waals surface area contributed by atoms with Gasteiger partial charge in [0.1, 0.15) is 17.5 Å². The van der Waals surface area contributed by atoms with E-state index < -0.39 is 11.5 Å². The van der Waals surface area contributed by atoms with E-state index in [4.69, 9.17) is 15.2 Å². The Balaban J connectivity index is 1.42. The molecule has 1 aromatic carbocycles. The van der Waals surface area contributed by atoms with Gasteiger partial charge in [-0.1, -0.05) is 6.07 Å². The highest BCUT2D eigenvalue weighted by molar-refractivity contribution is 5.98. The molecule has 11 nitrogen and oxygen atoms in total. The lowest BCUT2D eigenvalue weighted by Gasteiger charge is -2.24. The molecule has 35 heavy (non-hydrogen) atoms. The number of ether oxygens (including phenoxy) is 2. The highest BCUT2D eigenvalue weighted by Gasteiger charge is 2.31. The van der Waals surface area contributed by atoms with E-state index in [1.807, 2.05) is 26.8 Å². The Bertz CT molecular complexity index is 1130. The van der Waals surface area contributed by atoms with Crippen LogP contribution in [0.25, 0.3) is 0 Å². The van der Waals surface area contributed by atoms with Gasteiger partial charge in [-0.15, -0.1) is 10.2 Å². The highest BCUT2D eigenvalue weighted by Crippen LogP contribution is 2.31. The zero-order chi connectivity index (χ0) is 25.2. The zero-order valence-corrected chi connectivity index (χ0v) is 20.0. The van der Waals surface area contributed by atoms with Crippen LogP contribution >= 0.6 is 0 Å². The van der Waals surface area contributed by atoms with Crippen LogP contribution in [0, 0.1) is 5.92 Å². The van der Waals surface area contributed by atoms with Crippen molar-refractivity contribution < 1.29 is 23.9 Å². The van der Waals surface area contributed by atoms with Gasteiger partial charge in [0.25, 0.3) is 5.91 Å². The van der Waals surface area contributed by atoms with Crippen molar-refractivity contribution in [1.82, 2.24) is 15.1 Å². The van der Waals surface area contributed by atoms with E-state index in [0.717, 1.165) is 12.8 Å². The molecule has 2 aliphatic rings. The average molecular weight is 483 g/mol. The van der Waals surface area contributed by atoms with Crippen molar-refractivity contribution in [3.63, 3.8) is 0 Å². The third-order valence-electron chi connectivity index (χ3n) is 5.44. The predicted molar refractivity (Wildman–Crippen MR) is 128 cm³/mol. The number of nitrogens with one attached hydrogen (secondary N) is 2. The number of likely N-dealkylation sites (tertiary alicyclic amines) is 1. The SMILES string of the molecule is CC(C)(C)OC(=O)N1CCC(Oc2cccc(Nc3cc(NC(=O)C4CC4)nnc3C(N)=O)c2)C1. The smallest absolute Gasteiger partial charge is 0.410 e. The normalized spacial score (nSPS) is 17.6. The van der Waals surface area contributed by atoms with Gasteiger partial charge in [0.05, 0.1) is 12.2 Å². The summed E-state index contributed by atoms with van der Waals surface area (Å²) in [6, 6.07) is 8.69. The van der Waals surface area contributed by atoms with Crippen LogP contribution in [0.2, 0.25) is 0 Å². The molecular weight excluding hydrogens is 452 g/mol. The summed E-state index contributed by atoms with van der Waals surface area (Å²) in [4.78, 5) is 37.9. The number of benzene rings is 1. The molecule has 2 heterocycles. The van der Waals surface area contributed by atoms with Crippen molar-refractivity contribution in [3.8, 4) is 5.75 Å². The quantitative estimate of drug-likeness (QED) is 0.545. The summed E-state index contributed by atoms with van der Waals surface area (Å²) in [7, 11) is 0. The number of rotatable bonds is 7. The lowest BCUT2D eigenvalue weighted by Crippen LogP contribution is -2.36.